The van der Waals surface area contributed by atoms with Crippen molar-refractivity contribution in [3.63, 3.8) is 0 Å². The minimum Gasteiger partial charge on any atom is -0.351 e. The molecule has 2 heterocycles. The topological polar surface area (TPSA) is 91.9 Å². The molecule has 2 aromatic rings. The lowest BCUT2D eigenvalue weighted by Gasteiger charge is -2.04. The number of nitrogens with zero attached hydrogens (tertiary/aromatic N) is 1. The van der Waals surface area contributed by atoms with Crippen LogP contribution in [0.4, 0.5) is 0 Å². The predicted octanol–water partition coefficient (Wildman–Crippen LogP) is 1.46. The number of rotatable bonds is 5. The minimum absolute atomic E-state index is 0.180. The van der Waals surface area contributed by atoms with Gasteiger partial charge < -0.3 is 5.32 Å². The normalized spacial score (nSPS) is 11.6. The summed E-state index contributed by atoms with van der Waals surface area (Å²) in [5.41, 5.74) is 3.02. The summed E-state index contributed by atoms with van der Waals surface area (Å²) in [6.45, 7) is 4.33. The number of H-pyrrole nitrogens is 1. The molecule has 0 aliphatic rings. The van der Waals surface area contributed by atoms with E-state index in [9.17, 15) is 13.2 Å². The van der Waals surface area contributed by atoms with Gasteiger partial charge in [-0.1, -0.05) is 0 Å². The monoisotopic (exact) mass is 327 g/mol. The third-order valence-electron chi connectivity index (χ3n) is 3.17. The summed E-state index contributed by atoms with van der Waals surface area (Å²) in [7, 11) is -3.26. The van der Waals surface area contributed by atoms with Gasteiger partial charge in [-0.25, -0.2) is 8.42 Å². The van der Waals surface area contributed by atoms with Gasteiger partial charge in [0.05, 0.1) is 15.5 Å². The smallest absolute Gasteiger partial charge is 0.261 e. The molecule has 2 rings (SSSR count). The molecule has 6 nitrogen and oxygen atoms in total. The molecule has 2 N–H and O–H groups in total. The van der Waals surface area contributed by atoms with E-state index < -0.39 is 9.84 Å². The molecule has 0 atom stereocenters. The van der Waals surface area contributed by atoms with Crippen LogP contribution >= 0.6 is 11.3 Å². The first kappa shape index (κ1) is 15.7. The van der Waals surface area contributed by atoms with Gasteiger partial charge >= 0.3 is 0 Å². The number of carbonyl (C=O) groups is 1. The minimum atomic E-state index is -3.26. The fraction of sp³-hybridized carbons (Fsp3) is 0.385. The van der Waals surface area contributed by atoms with Crippen LogP contribution in [0.5, 0.6) is 0 Å². The molecule has 8 heteroatoms. The molecule has 114 valence electrons. The van der Waals surface area contributed by atoms with Crippen LogP contribution in [0.15, 0.2) is 16.3 Å². The fourth-order valence-electron chi connectivity index (χ4n) is 1.96. The molecule has 0 unspecified atom stereocenters. The van der Waals surface area contributed by atoms with Gasteiger partial charge in [0, 0.05) is 23.9 Å². The number of aromatic nitrogens is 2. The van der Waals surface area contributed by atoms with Crippen LogP contribution in [-0.2, 0) is 16.3 Å². The number of thiophene rings is 1. The zero-order chi connectivity index (χ0) is 15.6. The Morgan fingerprint density at radius 1 is 1.43 bits per heavy atom. The van der Waals surface area contributed by atoms with Crippen LogP contribution in [0.3, 0.4) is 0 Å². The number of nitrogens with one attached hydrogen (secondary N) is 2. The van der Waals surface area contributed by atoms with Crippen molar-refractivity contribution in [2.75, 3.05) is 12.8 Å². The Labute approximate surface area is 127 Å². The second-order valence-corrected chi connectivity index (χ2v) is 7.76. The van der Waals surface area contributed by atoms with Gasteiger partial charge in [-0.3, -0.25) is 9.89 Å². The van der Waals surface area contributed by atoms with Crippen LogP contribution in [0.1, 0.15) is 26.6 Å². The van der Waals surface area contributed by atoms with Crippen LogP contribution in [0.25, 0.3) is 0 Å². The molecule has 0 fully saturated rings. The fourth-order valence-corrected chi connectivity index (χ4v) is 3.90. The second kappa shape index (κ2) is 5.98. The molecule has 0 bridgehead atoms. The highest BCUT2D eigenvalue weighted by Crippen LogP contribution is 2.19. The first-order chi connectivity index (χ1) is 9.79. The van der Waals surface area contributed by atoms with Crippen molar-refractivity contribution in [3.8, 4) is 0 Å². The van der Waals surface area contributed by atoms with E-state index in [1.165, 1.54) is 11.4 Å². The summed E-state index contributed by atoms with van der Waals surface area (Å²) in [6, 6.07) is 1.41. The molecule has 1 amide bonds. The highest BCUT2D eigenvalue weighted by atomic mass is 32.2. The molecule has 0 saturated carbocycles. The Bertz CT molecular complexity index is 740. The molecule has 0 saturated heterocycles. The lowest BCUT2D eigenvalue weighted by Crippen LogP contribution is -2.25. The lowest BCUT2D eigenvalue weighted by molar-refractivity contribution is 0.0958. The van der Waals surface area contributed by atoms with E-state index in [0.717, 1.165) is 34.5 Å². The van der Waals surface area contributed by atoms with Gasteiger partial charge in [-0.2, -0.15) is 5.10 Å². The van der Waals surface area contributed by atoms with Gasteiger partial charge in [0.1, 0.15) is 0 Å². The maximum absolute atomic E-state index is 12.0. The van der Waals surface area contributed by atoms with Crippen molar-refractivity contribution < 1.29 is 13.2 Å². The van der Waals surface area contributed by atoms with Crippen LogP contribution in [0, 0.1) is 13.8 Å². The maximum atomic E-state index is 12.0. The first-order valence-corrected chi connectivity index (χ1v) is 9.13. The Morgan fingerprint density at radius 3 is 2.67 bits per heavy atom. The number of sulfone groups is 1. The standard InChI is InChI=1S/C13H17N3O3S2/c1-8-11(9(2)16-15-8)4-5-14-13(17)12-6-10(7-20-12)21(3,18)19/h6-7H,4-5H2,1-3H3,(H,14,17)(H,15,16). The van der Waals surface area contributed by atoms with E-state index in [-0.39, 0.29) is 10.8 Å². The molecule has 0 aliphatic heterocycles. The van der Waals surface area contributed by atoms with Gasteiger partial charge in [0.2, 0.25) is 0 Å². The van der Waals surface area contributed by atoms with Crippen molar-refractivity contribution in [1.29, 1.82) is 0 Å². The molecular weight excluding hydrogens is 310 g/mol. The molecule has 0 radical (unpaired) electrons. The summed E-state index contributed by atoms with van der Waals surface area (Å²) in [5, 5.41) is 11.3. The van der Waals surface area contributed by atoms with Crippen LogP contribution in [-0.4, -0.2) is 37.3 Å². The van der Waals surface area contributed by atoms with Crippen molar-refractivity contribution >= 4 is 27.1 Å². The van der Waals surface area contributed by atoms with Crippen molar-refractivity contribution in [2.45, 2.75) is 25.2 Å². The summed E-state index contributed by atoms with van der Waals surface area (Å²) < 4.78 is 22.8. The average Bonchev–Trinajstić information content (AvgIpc) is 2.99. The predicted molar refractivity (Wildman–Crippen MR) is 81.5 cm³/mol. The highest BCUT2D eigenvalue weighted by molar-refractivity contribution is 7.90. The van der Waals surface area contributed by atoms with E-state index in [1.807, 2.05) is 13.8 Å². The van der Waals surface area contributed by atoms with Crippen molar-refractivity contribution in [3.05, 3.63) is 33.3 Å². The van der Waals surface area contributed by atoms with Crippen molar-refractivity contribution in [2.24, 2.45) is 0 Å². The Morgan fingerprint density at radius 2 is 2.14 bits per heavy atom. The van der Waals surface area contributed by atoms with Crippen LogP contribution < -0.4 is 5.32 Å². The maximum Gasteiger partial charge on any atom is 0.261 e. The lowest BCUT2D eigenvalue weighted by atomic mass is 10.1. The van der Waals surface area contributed by atoms with Crippen LogP contribution in [0.2, 0.25) is 0 Å². The van der Waals surface area contributed by atoms with Gasteiger partial charge in [-0.05, 0) is 31.9 Å². The molecule has 2 aromatic heterocycles. The van der Waals surface area contributed by atoms with E-state index in [0.29, 0.717) is 17.8 Å². The van der Waals surface area contributed by atoms with E-state index in [1.54, 1.807) is 0 Å². The molecule has 0 aliphatic carbocycles. The SMILES string of the molecule is Cc1n[nH]c(C)c1CCNC(=O)c1cc(S(C)(=O)=O)cs1. The van der Waals surface area contributed by atoms with E-state index in [4.69, 9.17) is 0 Å². The zero-order valence-electron chi connectivity index (χ0n) is 12.1. The van der Waals surface area contributed by atoms with Gasteiger partial charge in [0.25, 0.3) is 5.91 Å². The molecule has 0 aromatic carbocycles. The first-order valence-electron chi connectivity index (χ1n) is 6.36. The molecule has 0 spiro atoms. The largest absolute Gasteiger partial charge is 0.351 e. The Kier molecular flexibility index (Phi) is 4.48. The number of carbonyl (C=O) groups excluding carboxylic acids is 1. The molecule has 21 heavy (non-hydrogen) atoms. The third kappa shape index (κ3) is 3.70. The quantitative estimate of drug-likeness (QED) is 0.870. The molecular formula is C13H17N3O3S2. The summed E-state index contributed by atoms with van der Waals surface area (Å²) >= 11 is 1.13. The van der Waals surface area contributed by atoms with Gasteiger partial charge in [-0.15, -0.1) is 11.3 Å². The summed E-state index contributed by atoms with van der Waals surface area (Å²) in [4.78, 5) is 12.5. The Balaban J connectivity index is 1.95. The second-order valence-electron chi connectivity index (χ2n) is 4.84. The number of aryl methyl sites for hydroxylation is 2. The summed E-state index contributed by atoms with van der Waals surface area (Å²) in [5.74, 6) is -0.256. The third-order valence-corrected chi connectivity index (χ3v) is 5.34. The number of aromatic amines is 1. The van der Waals surface area contributed by atoms with Gasteiger partial charge in [0.15, 0.2) is 9.84 Å². The average molecular weight is 327 g/mol. The zero-order valence-corrected chi connectivity index (χ0v) is 13.7. The number of amides is 1. The Hall–Kier alpha value is -1.67. The van der Waals surface area contributed by atoms with E-state index in [2.05, 4.69) is 15.5 Å². The number of hydrogen-bond donors (Lipinski definition) is 2. The highest BCUT2D eigenvalue weighted by Gasteiger charge is 2.14. The van der Waals surface area contributed by atoms with Crippen molar-refractivity contribution in [1.82, 2.24) is 15.5 Å². The summed E-state index contributed by atoms with van der Waals surface area (Å²) in [6.07, 6.45) is 1.81. The van der Waals surface area contributed by atoms with E-state index >= 15 is 0 Å². The number of hydrogen-bond acceptors (Lipinski definition) is 5.